The van der Waals surface area contributed by atoms with Gasteiger partial charge in [-0.2, -0.15) is 0 Å². The Kier molecular flexibility index (Phi) is 3.93. The standard InChI is InChI=1S/C18H16N2O3/c1-23-13-9-7-12(8-10-13)17(21)14-15(19)18(22)20-16(14)11-5-3-2-4-6-11/h2-10,14,16,19H,1H3,(H,20,22)/t14-,16-/m1/s1. The smallest absolute Gasteiger partial charge is 0.266 e. The third-order valence-corrected chi connectivity index (χ3v) is 3.99. The highest BCUT2D eigenvalue weighted by molar-refractivity contribution is 6.45. The topological polar surface area (TPSA) is 79.2 Å². The van der Waals surface area contributed by atoms with E-state index in [1.54, 1.807) is 31.4 Å². The van der Waals surface area contributed by atoms with Gasteiger partial charge in [-0.3, -0.25) is 15.0 Å². The van der Waals surface area contributed by atoms with E-state index >= 15 is 0 Å². The molecule has 5 nitrogen and oxygen atoms in total. The van der Waals surface area contributed by atoms with Gasteiger partial charge in [0.25, 0.3) is 5.91 Å². The summed E-state index contributed by atoms with van der Waals surface area (Å²) in [5, 5.41) is 10.7. The zero-order valence-electron chi connectivity index (χ0n) is 12.6. The Morgan fingerprint density at radius 1 is 1.09 bits per heavy atom. The van der Waals surface area contributed by atoms with E-state index < -0.39 is 17.9 Å². The lowest BCUT2D eigenvalue weighted by Gasteiger charge is -2.18. The van der Waals surface area contributed by atoms with Gasteiger partial charge >= 0.3 is 0 Å². The summed E-state index contributed by atoms with van der Waals surface area (Å²) in [5.41, 5.74) is 1.08. The van der Waals surface area contributed by atoms with Crippen molar-refractivity contribution in [3.8, 4) is 5.75 Å². The third-order valence-electron chi connectivity index (χ3n) is 3.99. The molecule has 1 aliphatic rings. The minimum absolute atomic E-state index is 0.195. The molecule has 0 spiro atoms. The maximum Gasteiger partial charge on any atom is 0.266 e. The van der Waals surface area contributed by atoms with Crippen LogP contribution in [0.4, 0.5) is 0 Å². The number of hydrogen-bond acceptors (Lipinski definition) is 4. The molecule has 5 heteroatoms. The first-order valence-electron chi connectivity index (χ1n) is 7.24. The van der Waals surface area contributed by atoms with Crippen LogP contribution in [0.2, 0.25) is 0 Å². The number of Topliss-reactive ketones (excluding diaryl/α,β-unsaturated/α-hetero) is 1. The molecule has 0 aliphatic carbocycles. The second-order valence-electron chi connectivity index (χ2n) is 5.35. The Labute approximate surface area is 133 Å². The number of ketones is 1. The summed E-state index contributed by atoms with van der Waals surface area (Å²) in [7, 11) is 1.55. The van der Waals surface area contributed by atoms with E-state index in [1.807, 2.05) is 30.3 Å². The van der Waals surface area contributed by atoms with E-state index in [-0.39, 0.29) is 11.5 Å². The van der Waals surface area contributed by atoms with Crippen molar-refractivity contribution in [3.63, 3.8) is 0 Å². The number of amides is 1. The molecular weight excluding hydrogens is 292 g/mol. The van der Waals surface area contributed by atoms with Crippen LogP contribution in [0.1, 0.15) is 22.0 Å². The van der Waals surface area contributed by atoms with Crippen LogP contribution in [-0.4, -0.2) is 24.5 Å². The van der Waals surface area contributed by atoms with Gasteiger partial charge < -0.3 is 10.1 Å². The van der Waals surface area contributed by atoms with Crippen LogP contribution >= 0.6 is 0 Å². The Morgan fingerprint density at radius 2 is 1.74 bits per heavy atom. The molecule has 0 bridgehead atoms. The molecule has 1 fully saturated rings. The van der Waals surface area contributed by atoms with Crippen molar-refractivity contribution in [3.05, 3.63) is 65.7 Å². The molecule has 1 aliphatic heterocycles. The number of carbonyl (C=O) groups excluding carboxylic acids is 2. The normalized spacial score (nSPS) is 20.2. The van der Waals surface area contributed by atoms with Crippen LogP contribution < -0.4 is 10.1 Å². The Morgan fingerprint density at radius 3 is 2.35 bits per heavy atom. The average Bonchev–Trinajstić information content (AvgIpc) is 2.90. The molecule has 116 valence electrons. The van der Waals surface area contributed by atoms with Crippen LogP contribution in [0, 0.1) is 11.3 Å². The lowest BCUT2D eigenvalue weighted by molar-refractivity contribution is -0.114. The quantitative estimate of drug-likeness (QED) is 0.851. The van der Waals surface area contributed by atoms with Crippen LogP contribution in [0.5, 0.6) is 5.75 Å². The van der Waals surface area contributed by atoms with Gasteiger partial charge in [0, 0.05) is 5.56 Å². The molecule has 0 unspecified atom stereocenters. The molecule has 1 amide bonds. The summed E-state index contributed by atoms with van der Waals surface area (Å²) in [6.07, 6.45) is 0. The van der Waals surface area contributed by atoms with Gasteiger partial charge in [0.05, 0.1) is 19.1 Å². The number of benzene rings is 2. The van der Waals surface area contributed by atoms with Crippen molar-refractivity contribution in [2.75, 3.05) is 7.11 Å². The maximum atomic E-state index is 12.8. The number of ether oxygens (including phenoxy) is 1. The number of methoxy groups -OCH3 is 1. The SMILES string of the molecule is COc1ccc(C(=O)[C@@H]2C(=N)C(=O)N[C@@H]2c2ccccc2)cc1. The highest BCUT2D eigenvalue weighted by atomic mass is 16.5. The number of hydrogen-bond donors (Lipinski definition) is 2. The summed E-state index contributed by atoms with van der Waals surface area (Å²) in [6.45, 7) is 0. The Bertz CT molecular complexity index is 754. The largest absolute Gasteiger partial charge is 0.497 e. The molecular formula is C18H16N2O3. The average molecular weight is 308 g/mol. The summed E-state index contributed by atoms with van der Waals surface area (Å²) in [4.78, 5) is 24.7. The van der Waals surface area contributed by atoms with Crippen LogP contribution in [-0.2, 0) is 4.79 Å². The summed E-state index contributed by atoms with van der Waals surface area (Å²) < 4.78 is 5.08. The van der Waals surface area contributed by atoms with Crippen molar-refractivity contribution >= 4 is 17.4 Å². The minimum Gasteiger partial charge on any atom is -0.497 e. The van der Waals surface area contributed by atoms with Crippen molar-refractivity contribution in [1.29, 1.82) is 5.41 Å². The first-order chi connectivity index (χ1) is 11.1. The highest BCUT2D eigenvalue weighted by Crippen LogP contribution is 2.31. The highest BCUT2D eigenvalue weighted by Gasteiger charge is 2.43. The second-order valence-corrected chi connectivity index (χ2v) is 5.35. The van der Waals surface area contributed by atoms with Crippen LogP contribution in [0.25, 0.3) is 0 Å². The maximum absolute atomic E-state index is 12.8. The van der Waals surface area contributed by atoms with Gasteiger partial charge in [-0.15, -0.1) is 0 Å². The number of nitrogens with one attached hydrogen (secondary N) is 2. The lowest BCUT2D eigenvalue weighted by atomic mass is 9.86. The van der Waals surface area contributed by atoms with Crippen molar-refractivity contribution in [2.45, 2.75) is 6.04 Å². The monoisotopic (exact) mass is 308 g/mol. The fraction of sp³-hybridized carbons (Fsp3) is 0.167. The second kappa shape index (κ2) is 6.04. The van der Waals surface area contributed by atoms with E-state index in [1.165, 1.54) is 0 Å². The van der Waals surface area contributed by atoms with Gasteiger partial charge in [0.15, 0.2) is 5.78 Å². The Balaban J connectivity index is 1.95. The lowest BCUT2D eigenvalue weighted by Crippen LogP contribution is -2.26. The zero-order valence-corrected chi connectivity index (χ0v) is 12.6. The van der Waals surface area contributed by atoms with Gasteiger partial charge in [0.1, 0.15) is 11.5 Å². The number of rotatable bonds is 4. The van der Waals surface area contributed by atoms with Crippen molar-refractivity contribution in [1.82, 2.24) is 5.32 Å². The van der Waals surface area contributed by atoms with Crippen molar-refractivity contribution in [2.24, 2.45) is 5.92 Å². The van der Waals surface area contributed by atoms with E-state index in [0.29, 0.717) is 11.3 Å². The molecule has 0 saturated carbocycles. The minimum atomic E-state index is -0.821. The van der Waals surface area contributed by atoms with Crippen LogP contribution in [0.3, 0.4) is 0 Å². The number of carbonyl (C=O) groups is 2. The van der Waals surface area contributed by atoms with Gasteiger partial charge in [0.2, 0.25) is 0 Å². The van der Waals surface area contributed by atoms with Crippen molar-refractivity contribution < 1.29 is 14.3 Å². The zero-order chi connectivity index (χ0) is 16.4. The summed E-state index contributed by atoms with van der Waals surface area (Å²) in [6, 6.07) is 15.4. The first-order valence-corrected chi connectivity index (χ1v) is 7.24. The van der Waals surface area contributed by atoms with Gasteiger partial charge in [-0.1, -0.05) is 30.3 Å². The molecule has 2 atom stereocenters. The molecule has 1 saturated heterocycles. The molecule has 3 rings (SSSR count). The van der Waals surface area contributed by atoms with Crippen LogP contribution in [0.15, 0.2) is 54.6 Å². The molecule has 2 N–H and O–H groups in total. The Hall–Kier alpha value is -2.95. The molecule has 1 heterocycles. The molecule has 2 aromatic rings. The molecule has 0 aromatic heterocycles. The van der Waals surface area contributed by atoms with E-state index in [2.05, 4.69) is 5.32 Å². The van der Waals surface area contributed by atoms with E-state index in [0.717, 1.165) is 5.56 Å². The van der Waals surface area contributed by atoms with E-state index in [9.17, 15) is 9.59 Å². The predicted octanol–water partition coefficient (Wildman–Crippen LogP) is 2.38. The summed E-state index contributed by atoms with van der Waals surface area (Å²) in [5.74, 6) is -0.911. The predicted molar refractivity (Wildman–Crippen MR) is 85.9 cm³/mol. The first kappa shape index (κ1) is 15.0. The van der Waals surface area contributed by atoms with Gasteiger partial charge in [-0.25, -0.2) is 0 Å². The van der Waals surface area contributed by atoms with Gasteiger partial charge in [-0.05, 0) is 29.8 Å². The fourth-order valence-electron chi connectivity index (χ4n) is 2.76. The summed E-state index contributed by atoms with van der Waals surface area (Å²) >= 11 is 0. The fourth-order valence-corrected chi connectivity index (χ4v) is 2.76. The van der Waals surface area contributed by atoms with E-state index in [4.69, 9.17) is 10.1 Å². The molecule has 2 aromatic carbocycles. The molecule has 23 heavy (non-hydrogen) atoms. The molecule has 0 radical (unpaired) electrons. The third kappa shape index (κ3) is 2.73.